The summed E-state index contributed by atoms with van der Waals surface area (Å²) in [6.45, 7) is 8.82. The summed E-state index contributed by atoms with van der Waals surface area (Å²) in [5, 5.41) is 3.59. The summed E-state index contributed by atoms with van der Waals surface area (Å²) in [4.78, 5) is 2.40. The van der Waals surface area contributed by atoms with Crippen molar-refractivity contribution in [3.8, 4) is 12.3 Å². The van der Waals surface area contributed by atoms with E-state index in [2.05, 4.69) is 30.0 Å². The van der Waals surface area contributed by atoms with Crippen molar-refractivity contribution in [2.24, 2.45) is 5.92 Å². The second-order valence-corrected chi connectivity index (χ2v) is 4.58. The van der Waals surface area contributed by atoms with Crippen molar-refractivity contribution in [3.63, 3.8) is 0 Å². The lowest BCUT2D eigenvalue weighted by molar-refractivity contribution is 0.166. The Labute approximate surface area is 94.4 Å². The Morgan fingerprint density at radius 3 is 3.07 bits per heavy atom. The SMILES string of the molecule is C#CCN1CCCC(C(C)NCCC)C1. The van der Waals surface area contributed by atoms with Gasteiger partial charge in [0, 0.05) is 12.6 Å². The molecule has 0 saturated carbocycles. The third-order valence-electron chi connectivity index (χ3n) is 3.28. The predicted octanol–water partition coefficient (Wildman–Crippen LogP) is 1.72. The number of terminal acetylenes is 1. The van der Waals surface area contributed by atoms with Gasteiger partial charge in [0.1, 0.15) is 0 Å². The minimum absolute atomic E-state index is 0.630. The monoisotopic (exact) mass is 208 g/mol. The first-order valence-electron chi connectivity index (χ1n) is 6.17. The molecule has 1 heterocycles. The molecule has 2 heteroatoms. The Bertz CT molecular complexity index is 207. The molecule has 1 aliphatic heterocycles. The molecule has 1 aliphatic rings. The zero-order chi connectivity index (χ0) is 11.1. The van der Waals surface area contributed by atoms with Gasteiger partial charge in [0.15, 0.2) is 0 Å². The Hall–Kier alpha value is -0.520. The van der Waals surface area contributed by atoms with Gasteiger partial charge in [-0.15, -0.1) is 6.42 Å². The molecule has 1 fully saturated rings. The van der Waals surface area contributed by atoms with E-state index in [1.165, 1.54) is 32.4 Å². The zero-order valence-electron chi connectivity index (χ0n) is 10.1. The molecule has 0 amide bonds. The Kier molecular flexibility index (Phi) is 5.75. The fourth-order valence-electron chi connectivity index (χ4n) is 2.31. The van der Waals surface area contributed by atoms with Gasteiger partial charge in [-0.05, 0) is 45.2 Å². The van der Waals surface area contributed by atoms with Crippen molar-refractivity contribution in [2.75, 3.05) is 26.2 Å². The van der Waals surface area contributed by atoms with Crippen LogP contribution < -0.4 is 5.32 Å². The molecule has 1 saturated heterocycles. The molecule has 0 aromatic rings. The van der Waals surface area contributed by atoms with Crippen molar-refractivity contribution in [1.29, 1.82) is 0 Å². The van der Waals surface area contributed by atoms with Crippen LogP contribution in [-0.2, 0) is 0 Å². The van der Waals surface area contributed by atoms with Gasteiger partial charge in [0.25, 0.3) is 0 Å². The van der Waals surface area contributed by atoms with Crippen LogP contribution in [0.2, 0.25) is 0 Å². The maximum atomic E-state index is 5.35. The molecule has 0 aliphatic carbocycles. The highest BCUT2D eigenvalue weighted by Gasteiger charge is 2.23. The molecule has 0 aromatic carbocycles. The van der Waals surface area contributed by atoms with Crippen LogP contribution in [0.15, 0.2) is 0 Å². The first-order chi connectivity index (χ1) is 7.27. The minimum Gasteiger partial charge on any atom is -0.314 e. The number of piperidine rings is 1. The van der Waals surface area contributed by atoms with Crippen LogP contribution in [0.1, 0.15) is 33.1 Å². The minimum atomic E-state index is 0.630. The quantitative estimate of drug-likeness (QED) is 0.692. The van der Waals surface area contributed by atoms with Gasteiger partial charge in [0.2, 0.25) is 0 Å². The Morgan fingerprint density at radius 2 is 2.40 bits per heavy atom. The van der Waals surface area contributed by atoms with Gasteiger partial charge >= 0.3 is 0 Å². The fraction of sp³-hybridized carbons (Fsp3) is 0.846. The molecule has 2 atom stereocenters. The molecule has 0 aromatic heterocycles. The third-order valence-corrected chi connectivity index (χ3v) is 3.28. The smallest absolute Gasteiger partial charge is 0.0599 e. The van der Waals surface area contributed by atoms with E-state index in [0.717, 1.165) is 19.0 Å². The number of hydrogen-bond acceptors (Lipinski definition) is 2. The van der Waals surface area contributed by atoms with Crippen LogP contribution in [0.5, 0.6) is 0 Å². The topological polar surface area (TPSA) is 15.3 Å². The molecule has 86 valence electrons. The molecule has 0 radical (unpaired) electrons. The highest BCUT2D eigenvalue weighted by Crippen LogP contribution is 2.19. The van der Waals surface area contributed by atoms with Crippen molar-refractivity contribution in [1.82, 2.24) is 10.2 Å². The molecule has 1 N–H and O–H groups in total. The van der Waals surface area contributed by atoms with Crippen LogP contribution in [0.3, 0.4) is 0 Å². The second-order valence-electron chi connectivity index (χ2n) is 4.58. The van der Waals surface area contributed by atoms with Gasteiger partial charge in [-0.2, -0.15) is 0 Å². The zero-order valence-corrected chi connectivity index (χ0v) is 10.1. The lowest BCUT2D eigenvalue weighted by atomic mass is 9.91. The van der Waals surface area contributed by atoms with Gasteiger partial charge < -0.3 is 5.32 Å². The molecule has 0 spiro atoms. The predicted molar refractivity (Wildman–Crippen MR) is 65.8 cm³/mol. The molecule has 2 unspecified atom stereocenters. The third kappa shape index (κ3) is 4.24. The summed E-state index contributed by atoms with van der Waals surface area (Å²) in [6, 6.07) is 0.630. The lowest BCUT2D eigenvalue weighted by Gasteiger charge is -2.35. The first-order valence-corrected chi connectivity index (χ1v) is 6.17. The van der Waals surface area contributed by atoms with Crippen LogP contribution in [0, 0.1) is 18.3 Å². The van der Waals surface area contributed by atoms with Crippen molar-refractivity contribution < 1.29 is 0 Å². The Morgan fingerprint density at radius 1 is 1.60 bits per heavy atom. The van der Waals surface area contributed by atoms with Gasteiger partial charge in [-0.1, -0.05) is 12.8 Å². The number of likely N-dealkylation sites (tertiary alicyclic amines) is 1. The van der Waals surface area contributed by atoms with Crippen molar-refractivity contribution in [2.45, 2.75) is 39.2 Å². The second kappa shape index (κ2) is 6.87. The van der Waals surface area contributed by atoms with E-state index in [0.29, 0.717) is 6.04 Å². The summed E-state index contributed by atoms with van der Waals surface area (Å²) in [6.07, 6.45) is 9.21. The summed E-state index contributed by atoms with van der Waals surface area (Å²) in [5.74, 6) is 3.52. The summed E-state index contributed by atoms with van der Waals surface area (Å²) in [7, 11) is 0. The number of nitrogens with one attached hydrogen (secondary N) is 1. The molecule has 1 rings (SSSR count). The van der Waals surface area contributed by atoms with Crippen molar-refractivity contribution in [3.05, 3.63) is 0 Å². The first kappa shape index (κ1) is 12.5. The van der Waals surface area contributed by atoms with Gasteiger partial charge in [-0.3, -0.25) is 4.90 Å². The van der Waals surface area contributed by atoms with E-state index >= 15 is 0 Å². The van der Waals surface area contributed by atoms with Crippen LogP contribution in [-0.4, -0.2) is 37.1 Å². The number of hydrogen-bond donors (Lipinski definition) is 1. The molecule has 0 bridgehead atoms. The van der Waals surface area contributed by atoms with E-state index in [9.17, 15) is 0 Å². The van der Waals surface area contributed by atoms with Crippen LogP contribution >= 0.6 is 0 Å². The average molecular weight is 208 g/mol. The number of nitrogens with zero attached hydrogens (tertiary/aromatic N) is 1. The average Bonchev–Trinajstić information content (AvgIpc) is 2.27. The Balaban J connectivity index is 2.31. The highest BCUT2D eigenvalue weighted by molar-refractivity contribution is 4.91. The maximum Gasteiger partial charge on any atom is 0.0599 e. The van der Waals surface area contributed by atoms with E-state index in [-0.39, 0.29) is 0 Å². The number of rotatable bonds is 5. The highest BCUT2D eigenvalue weighted by atomic mass is 15.1. The van der Waals surface area contributed by atoms with Crippen LogP contribution in [0.4, 0.5) is 0 Å². The summed E-state index contributed by atoms with van der Waals surface area (Å²) >= 11 is 0. The summed E-state index contributed by atoms with van der Waals surface area (Å²) in [5.41, 5.74) is 0. The molecular formula is C13H24N2. The lowest BCUT2D eigenvalue weighted by Crippen LogP contribution is -2.44. The normalized spacial score (nSPS) is 24.7. The van der Waals surface area contributed by atoms with Gasteiger partial charge in [0.05, 0.1) is 6.54 Å². The summed E-state index contributed by atoms with van der Waals surface area (Å²) < 4.78 is 0. The molecule has 15 heavy (non-hydrogen) atoms. The van der Waals surface area contributed by atoms with E-state index in [1.807, 2.05) is 0 Å². The van der Waals surface area contributed by atoms with E-state index in [1.54, 1.807) is 0 Å². The molecule has 2 nitrogen and oxygen atoms in total. The van der Waals surface area contributed by atoms with Crippen molar-refractivity contribution >= 4 is 0 Å². The van der Waals surface area contributed by atoms with E-state index < -0.39 is 0 Å². The standard InChI is InChI=1S/C13H24N2/c1-4-8-14-12(3)13-7-6-10-15(11-13)9-5-2/h2,12-14H,4,6-11H2,1,3H3. The molecular weight excluding hydrogens is 184 g/mol. The van der Waals surface area contributed by atoms with E-state index in [4.69, 9.17) is 6.42 Å². The largest absolute Gasteiger partial charge is 0.314 e. The van der Waals surface area contributed by atoms with Gasteiger partial charge in [-0.25, -0.2) is 0 Å². The fourth-order valence-corrected chi connectivity index (χ4v) is 2.31. The maximum absolute atomic E-state index is 5.35. The van der Waals surface area contributed by atoms with Crippen LogP contribution in [0.25, 0.3) is 0 Å².